The largest absolute Gasteiger partial charge is 0.481 e. The molecule has 0 aromatic heterocycles. The van der Waals surface area contributed by atoms with E-state index in [1.807, 2.05) is 47.4 Å². The number of carbonyl (C=O) groups is 2. The molecule has 3 unspecified atom stereocenters. The molecule has 2 fully saturated rings. The van der Waals surface area contributed by atoms with Crippen molar-refractivity contribution in [2.75, 3.05) is 26.2 Å². The first-order valence-corrected chi connectivity index (χ1v) is 14.7. The van der Waals surface area contributed by atoms with Gasteiger partial charge in [-0.15, -0.1) is 6.58 Å². The lowest BCUT2D eigenvalue weighted by molar-refractivity contribution is -0.144. The molecule has 6 nitrogen and oxygen atoms in total. The topological polar surface area (TPSA) is 70.1 Å². The second kappa shape index (κ2) is 18.3. The molecular weight excluding hydrogens is 500 g/mol. The Kier molecular flexibility index (Phi) is 15.1. The highest BCUT2D eigenvalue weighted by Crippen LogP contribution is 2.39. The highest BCUT2D eigenvalue weighted by Gasteiger charge is 2.36. The summed E-state index contributed by atoms with van der Waals surface area (Å²) in [6, 6.07) is 9.91. The number of piperidine rings is 1. The average Bonchev–Trinajstić information content (AvgIpc) is 3.41. The summed E-state index contributed by atoms with van der Waals surface area (Å²) in [6.45, 7) is 18.7. The van der Waals surface area contributed by atoms with Crippen molar-refractivity contribution in [3.8, 4) is 0 Å². The van der Waals surface area contributed by atoms with E-state index in [1.54, 1.807) is 18.2 Å². The highest BCUT2D eigenvalue weighted by molar-refractivity contribution is 5.70. The molecular formula is C34H50N2O4. The molecule has 1 heterocycles. The van der Waals surface area contributed by atoms with Gasteiger partial charge >= 0.3 is 12.1 Å². The fourth-order valence-corrected chi connectivity index (χ4v) is 5.90. The van der Waals surface area contributed by atoms with Gasteiger partial charge in [-0.2, -0.15) is 0 Å². The molecule has 1 aromatic rings. The van der Waals surface area contributed by atoms with Crippen LogP contribution in [-0.4, -0.2) is 59.2 Å². The first-order valence-electron chi connectivity index (χ1n) is 14.7. The van der Waals surface area contributed by atoms with Crippen LogP contribution in [0.1, 0.15) is 57.9 Å². The number of rotatable bonds is 13. The maximum Gasteiger partial charge on any atom is 0.410 e. The molecule has 1 saturated heterocycles. The zero-order valence-electron chi connectivity index (χ0n) is 24.6. The molecule has 3 rings (SSSR count). The highest BCUT2D eigenvalue weighted by atomic mass is 16.6. The molecule has 220 valence electrons. The molecule has 0 radical (unpaired) electrons. The Morgan fingerprint density at radius 1 is 1.05 bits per heavy atom. The fraction of sp³-hybridized carbons (Fsp3) is 0.529. The molecule has 2 aliphatic rings. The monoisotopic (exact) mass is 550 g/mol. The number of likely N-dealkylation sites (tertiary alicyclic amines) is 1. The van der Waals surface area contributed by atoms with Crippen LogP contribution in [0.4, 0.5) is 4.79 Å². The predicted molar refractivity (Wildman–Crippen MR) is 164 cm³/mol. The lowest BCUT2D eigenvalue weighted by Crippen LogP contribution is -2.48. The molecule has 3 atom stereocenters. The molecule has 1 amide bonds. The Balaban J connectivity index is 0.000000840. The first kappa shape index (κ1) is 33.1. The van der Waals surface area contributed by atoms with Gasteiger partial charge in [0.25, 0.3) is 0 Å². The van der Waals surface area contributed by atoms with E-state index in [1.165, 1.54) is 0 Å². The van der Waals surface area contributed by atoms with Gasteiger partial charge in [0.1, 0.15) is 6.61 Å². The van der Waals surface area contributed by atoms with E-state index in [2.05, 4.69) is 38.5 Å². The third kappa shape index (κ3) is 11.5. The SMILES string of the molecule is C=C/C=C\C=C.C=CCN(C(=O)OCc1ccccc1)C1CCN(CC2CCC(C(CC(C)C)C(=O)O)C2)CC1. The van der Waals surface area contributed by atoms with Crippen molar-refractivity contribution >= 4 is 12.1 Å². The maximum absolute atomic E-state index is 12.8. The molecule has 0 bridgehead atoms. The maximum atomic E-state index is 12.8. The minimum atomic E-state index is -0.623. The van der Waals surface area contributed by atoms with E-state index in [-0.39, 0.29) is 24.7 Å². The van der Waals surface area contributed by atoms with E-state index < -0.39 is 5.97 Å². The molecule has 1 saturated carbocycles. The zero-order valence-corrected chi connectivity index (χ0v) is 24.6. The van der Waals surface area contributed by atoms with Crippen molar-refractivity contribution in [3.63, 3.8) is 0 Å². The normalized spacial score (nSPS) is 20.4. The van der Waals surface area contributed by atoms with Crippen LogP contribution in [0.3, 0.4) is 0 Å². The van der Waals surface area contributed by atoms with Gasteiger partial charge < -0.3 is 19.6 Å². The molecule has 1 aliphatic carbocycles. The lowest BCUT2D eigenvalue weighted by Gasteiger charge is -2.38. The summed E-state index contributed by atoms with van der Waals surface area (Å²) in [6.07, 6.45) is 14.4. The standard InChI is InChI=1S/C28H42N2O4.C6H8/c1-4-14-30(28(33)34-20-22-8-6-5-7-9-22)25-12-15-29(16-13-25)19-23-10-11-24(18-23)26(27(31)32)17-21(2)3;1-3-5-6-4-2/h4-9,21,23-26H,1,10-20H2,2-3H3,(H,31,32);3-6H,1-2H2/b;6-5-. The smallest absolute Gasteiger partial charge is 0.410 e. The van der Waals surface area contributed by atoms with E-state index >= 15 is 0 Å². The molecule has 1 aliphatic heterocycles. The van der Waals surface area contributed by atoms with E-state index in [4.69, 9.17) is 4.74 Å². The molecule has 0 spiro atoms. The van der Waals surface area contributed by atoms with Gasteiger partial charge in [0.2, 0.25) is 0 Å². The number of carboxylic acids is 1. The number of hydrogen-bond donors (Lipinski definition) is 1. The average molecular weight is 551 g/mol. The van der Waals surface area contributed by atoms with Crippen molar-refractivity contribution < 1.29 is 19.4 Å². The summed E-state index contributed by atoms with van der Waals surface area (Å²) >= 11 is 0. The Morgan fingerprint density at radius 2 is 1.70 bits per heavy atom. The predicted octanol–water partition coefficient (Wildman–Crippen LogP) is 7.35. The Labute approximate surface area is 242 Å². The van der Waals surface area contributed by atoms with Gasteiger partial charge in [0.15, 0.2) is 0 Å². The van der Waals surface area contributed by atoms with Crippen molar-refractivity contribution in [3.05, 3.63) is 86.0 Å². The number of benzene rings is 1. The van der Waals surface area contributed by atoms with Crippen LogP contribution < -0.4 is 0 Å². The van der Waals surface area contributed by atoms with Crippen molar-refractivity contribution in [1.82, 2.24) is 9.80 Å². The van der Waals surface area contributed by atoms with Crippen molar-refractivity contribution in [2.24, 2.45) is 23.7 Å². The molecule has 1 aromatic carbocycles. The summed E-state index contributed by atoms with van der Waals surface area (Å²) in [4.78, 5) is 28.9. The van der Waals surface area contributed by atoms with Crippen molar-refractivity contribution in [1.29, 1.82) is 0 Å². The number of hydrogen-bond acceptors (Lipinski definition) is 4. The van der Waals surface area contributed by atoms with Crippen LogP contribution in [0.2, 0.25) is 0 Å². The van der Waals surface area contributed by atoms with Gasteiger partial charge in [-0.1, -0.05) is 87.7 Å². The summed E-state index contributed by atoms with van der Waals surface area (Å²) in [5.41, 5.74) is 0.984. The van der Waals surface area contributed by atoms with Crippen LogP contribution >= 0.6 is 0 Å². The van der Waals surface area contributed by atoms with Crippen LogP contribution in [0.5, 0.6) is 0 Å². The summed E-state index contributed by atoms with van der Waals surface area (Å²) in [5, 5.41) is 9.70. The van der Waals surface area contributed by atoms with Crippen molar-refractivity contribution in [2.45, 2.75) is 65.0 Å². The van der Waals surface area contributed by atoms with Gasteiger partial charge in [-0.3, -0.25) is 4.79 Å². The number of ether oxygens (including phenoxy) is 1. The van der Waals surface area contributed by atoms with Gasteiger partial charge in [-0.25, -0.2) is 4.79 Å². The number of allylic oxidation sites excluding steroid dienone is 4. The number of carbonyl (C=O) groups excluding carboxylic acids is 1. The van der Waals surface area contributed by atoms with Gasteiger partial charge in [-0.05, 0) is 61.8 Å². The quantitative estimate of drug-likeness (QED) is 0.205. The molecule has 40 heavy (non-hydrogen) atoms. The van der Waals surface area contributed by atoms with E-state index in [9.17, 15) is 14.7 Å². The summed E-state index contributed by atoms with van der Waals surface area (Å²) in [5.74, 6) is 0.476. The summed E-state index contributed by atoms with van der Waals surface area (Å²) < 4.78 is 5.59. The second-order valence-corrected chi connectivity index (χ2v) is 11.4. The van der Waals surface area contributed by atoms with Gasteiger partial charge in [0, 0.05) is 32.2 Å². The minimum absolute atomic E-state index is 0.163. The number of carboxylic acid groups (broad SMARTS) is 1. The van der Waals surface area contributed by atoms with Crippen LogP contribution in [-0.2, 0) is 16.1 Å². The third-order valence-electron chi connectivity index (χ3n) is 7.86. The van der Waals surface area contributed by atoms with Crippen LogP contribution in [0.15, 0.2) is 80.4 Å². The Hall–Kier alpha value is -3.12. The number of aliphatic carboxylic acids is 1. The third-order valence-corrected chi connectivity index (χ3v) is 7.86. The molecule has 1 N–H and O–H groups in total. The first-order chi connectivity index (χ1) is 19.3. The summed E-state index contributed by atoms with van der Waals surface area (Å²) in [7, 11) is 0. The Morgan fingerprint density at radius 3 is 2.25 bits per heavy atom. The number of amides is 1. The Bertz CT molecular complexity index is 940. The van der Waals surface area contributed by atoms with Gasteiger partial charge in [0.05, 0.1) is 5.92 Å². The molecule has 6 heteroatoms. The van der Waals surface area contributed by atoms with E-state index in [0.717, 1.165) is 63.7 Å². The van der Waals surface area contributed by atoms with Crippen LogP contribution in [0, 0.1) is 23.7 Å². The minimum Gasteiger partial charge on any atom is -0.481 e. The lowest BCUT2D eigenvalue weighted by atomic mass is 9.84. The zero-order chi connectivity index (χ0) is 29.3. The van der Waals surface area contributed by atoms with Crippen LogP contribution in [0.25, 0.3) is 0 Å². The van der Waals surface area contributed by atoms with E-state index in [0.29, 0.717) is 24.3 Å². The fourth-order valence-electron chi connectivity index (χ4n) is 5.90. The number of nitrogens with zero attached hydrogens (tertiary/aromatic N) is 2. The second-order valence-electron chi connectivity index (χ2n) is 11.4.